The Morgan fingerprint density at radius 2 is 1.83 bits per heavy atom. The number of imidazole rings is 1. The number of aryl methyl sites for hydroxylation is 2. The van der Waals surface area contributed by atoms with Crippen LogP contribution >= 0.6 is 0 Å². The molecule has 0 unspecified atom stereocenters. The Morgan fingerprint density at radius 3 is 2.58 bits per heavy atom. The monoisotopic (exact) mass is 319 g/mol. The Morgan fingerprint density at radius 1 is 1.04 bits per heavy atom. The molecule has 0 aliphatic heterocycles. The van der Waals surface area contributed by atoms with E-state index in [0.29, 0.717) is 0 Å². The third-order valence-corrected chi connectivity index (χ3v) is 4.42. The average Bonchev–Trinajstić information content (AvgIpc) is 3.03. The molecule has 0 spiro atoms. The molecule has 0 fully saturated rings. The van der Waals surface area contributed by atoms with E-state index in [0.717, 1.165) is 25.5 Å². The van der Waals surface area contributed by atoms with Crippen molar-refractivity contribution in [2.24, 2.45) is 0 Å². The van der Waals surface area contributed by atoms with Crippen molar-refractivity contribution in [2.75, 3.05) is 11.4 Å². The second-order valence-corrected chi connectivity index (χ2v) is 6.26. The van der Waals surface area contributed by atoms with Crippen LogP contribution in [-0.4, -0.2) is 16.1 Å². The van der Waals surface area contributed by atoms with E-state index in [-0.39, 0.29) is 0 Å². The van der Waals surface area contributed by atoms with E-state index >= 15 is 0 Å². The summed E-state index contributed by atoms with van der Waals surface area (Å²) in [5, 5.41) is 0. The van der Waals surface area contributed by atoms with E-state index in [9.17, 15) is 0 Å². The normalized spacial score (nSPS) is 10.8. The summed E-state index contributed by atoms with van der Waals surface area (Å²) >= 11 is 0. The first kappa shape index (κ1) is 16.3. The van der Waals surface area contributed by atoms with E-state index in [1.165, 1.54) is 22.4 Å². The molecule has 124 valence electrons. The van der Waals surface area contributed by atoms with Gasteiger partial charge in [0, 0.05) is 31.2 Å². The predicted octanol–water partition coefficient (Wildman–Crippen LogP) is 4.57. The molecule has 0 saturated heterocycles. The van der Waals surface area contributed by atoms with Gasteiger partial charge in [-0.15, -0.1) is 0 Å². The molecule has 0 aliphatic rings. The lowest BCUT2D eigenvalue weighted by Crippen LogP contribution is -2.25. The maximum absolute atomic E-state index is 4.60. The van der Waals surface area contributed by atoms with Gasteiger partial charge in [0.2, 0.25) is 0 Å². The van der Waals surface area contributed by atoms with Gasteiger partial charge in [0.1, 0.15) is 5.82 Å². The average molecular weight is 319 g/mol. The molecule has 3 aromatic rings. The van der Waals surface area contributed by atoms with E-state index in [4.69, 9.17) is 0 Å². The largest absolute Gasteiger partial charge is 0.364 e. The Kier molecular flexibility index (Phi) is 4.99. The van der Waals surface area contributed by atoms with Crippen LogP contribution < -0.4 is 4.90 Å². The highest BCUT2D eigenvalue weighted by molar-refractivity contribution is 5.54. The van der Waals surface area contributed by atoms with Gasteiger partial charge in [-0.3, -0.25) is 0 Å². The van der Waals surface area contributed by atoms with Crippen LogP contribution in [0.25, 0.3) is 0 Å². The molecule has 2 aromatic carbocycles. The van der Waals surface area contributed by atoms with E-state index in [1.54, 1.807) is 0 Å². The number of hydrogen-bond donors (Lipinski definition) is 0. The smallest absolute Gasteiger partial charge is 0.128 e. The van der Waals surface area contributed by atoms with Crippen LogP contribution in [0.5, 0.6) is 0 Å². The summed E-state index contributed by atoms with van der Waals surface area (Å²) < 4.78 is 2.24. The zero-order valence-corrected chi connectivity index (χ0v) is 14.7. The summed E-state index contributed by atoms with van der Waals surface area (Å²) in [6.07, 6.45) is 3.97. The first-order chi connectivity index (χ1) is 11.7. The Hall–Kier alpha value is -2.55. The van der Waals surface area contributed by atoms with E-state index < -0.39 is 0 Å². The molecule has 3 heteroatoms. The van der Waals surface area contributed by atoms with Crippen LogP contribution in [-0.2, 0) is 13.1 Å². The van der Waals surface area contributed by atoms with Crippen molar-refractivity contribution in [3.63, 3.8) is 0 Å². The number of hydrogen-bond acceptors (Lipinski definition) is 2. The highest BCUT2D eigenvalue weighted by Gasteiger charge is 2.12. The SMILES string of the molecule is CCN(Cc1nccn1Cc1ccccc1)c1cc(C)ccc1C. The molecule has 1 heterocycles. The van der Waals surface area contributed by atoms with Crippen molar-refractivity contribution in [2.45, 2.75) is 33.9 Å². The van der Waals surface area contributed by atoms with Gasteiger partial charge in [0.05, 0.1) is 6.54 Å². The standard InChI is InChI=1S/C21H25N3/c1-4-23(20-14-17(2)10-11-18(20)3)16-21-22-12-13-24(21)15-19-8-6-5-7-9-19/h5-14H,4,15-16H2,1-3H3. The first-order valence-electron chi connectivity index (χ1n) is 8.53. The second kappa shape index (κ2) is 7.35. The maximum Gasteiger partial charge on any atom is 0.128 e. The third-order valence-electron chi connectivity index (χ3n) is 4.42. The summed E-state index contributed by atoms with van der Waals surface area (Å²) in [7, 11) is 0. The van der Waals surface area contributed by atoms with E-state index in [2.05, 4.69) is 89.9 Å². The van der Waals surface area contributed by atoms with Crippen LogP contribution in [0.4, 0.5) is 5.69 Å². The van der Waals surface area contributed by atoms with Gasteiger partial charge in [-0.05, 0) is 43.5 Å². The maximum atomic E-state index is 4.60. The highest BCUT2D eigenvalue weighted by atomic mass is 15.2. The number of aromatic nitrogens is 2. The number of nitrogens with zero attached hydrogens (tertiary/aromatic N) is 3. The van der Waals surface area contributed by atoms with Gasteiger partial charge in [-0.1, -0.05) is 42.5 Å². The minimum Gasteiger partial charge on any atom is -0.364 e. The predicted molar refractivity (Wildman–Crippen MR) is 100 cm³/mol. The summed E-state index contributed by atoms with van der Waals surface area (Å²) in [6, 6.07) is 17.2. The fourth-order valence-corrected chi connectivity index (χ4v) is 3.01. The minimum absolute atomic E-state index is 0.820. The van der Waals surface area contributed by atoms with Crippen molar-refractivity contribution in [1.29, 1.82) is 0 Å². The zero-order chi connectivity index (χ0) is 16.9. The lowest BCUT2D eigenvalue weighted by atomic mass is 10.1. The fraction of sp³-hybridized carbons (Fsp3) is 0.286. The van der Waals surface area contributed by atoms with Crippen molar-refractivity contribution in [1.82, 2.24) is 9.55 Å². The van der Waals surface area contributed by atoms with Crippen molar-refractivity contribution in [3.05, 3.63) is 83.4 Å². The van der Waals surface area contributed by atoms with Gasteiger partial charge in [-0.25, -0.2) is 4.98 Å². The molecule has 0 N–H and O–H groups in total. The molecular weight excluding hydrogens is 294 g/mol. The van der Waals surface area contributed by atoms with Crippen molar-refractivity contribution >= 4 is 5.69 Å². The molecule has 0 radical (unpaired) electrons. The van der Waals surface area contributed by atoms with Gasteiger partial charge in [0.15, 0.2) is 0 Å². The molecule has 3 nitrogen and oxygen atoms in total. The van der Waals surface area contributed by atoms with Gasteiger partial charge < -0.3 is 9.47 Å². The molecule has 0 bridgehead atoms. The van der Waals surface area contributed by atoms with Gasteiger partial charge in [0.25, 0.3) is 0 Å². The highest BCUT2D eigenvalue weighted by Crippen LogP contribution is 2.23. The summed E-state index contributed by atoms with van der Waals surface area (Å²) in [5.41, 5.74) is 5.20. The lowest BCUT2D eigenvalue weighted by Gasteiger charge is -2.25. The van der Waals surface area contributed by atoms with E-state index in [1.807, 2.05) is 6.20 Å². The summed E-state index contributed by atoms with van der Waals surface area (Å²) in [5.74, 6) is 1.10. The van der Waals surface area contributed by atoms with Crippen LogP contribution in [0.1, 0.15) is 29.4 Å². The number of benzene rings is 2. The van der Waals surface area contributed by atoms with Crippen LogP contribution in [0.15, 0.2) is 60.9 Å². The molecule has 0 atom stereocenters. The van der Waals surface area contributed by atoms with Crippen molar-refractivity contribution in [3.8, 4) is 0 Å². The van der Waals surface area contributed by atoms with Gasteiger partial charge >= 0.3 is 0 Å². The van der Waals surface area contributed by atoms with Crippen LogP contribution in [0.2, 0.25) is 0 Å². The molecule has 0 saturated carbocycles. The Balaban J connectivity index is 1.82. The summed E-state index contributed by atoms with van der Waals surface area (Å²) in [4.78, 5) is 6.99. The third kappa shape index (κ3) is 3.67. The molecule has 0 amide bonds. The topological polar surface area (TPSA) is 21.1 Å². The Labute approximate surface area is 144 Å². The number of anilines is 1. The lowest BCUT2D eigenvalue weighted by molar-refractivity contribution is 0.689. The van der Waals surface area contributed by atoms with Crippen LogP contribution in [0, 0.1) is 13.8 Å². The molecule has 1 aromatic heterocycles. The second-order valence-electron chi connectivity index (χ2n) is 6.26. The molecule has 0 aliphatic carbocycles. The zero-order valence-electron chi connectivity index (χ0n) is 14.7. The fourth-order valence-electron chi connectivity index (χ4n) is 3.01. The summed E-state index contributed by atoms with van der Waals surface area (Å²) in [6.45, 7) is 9.16. The van der Waals surface area contributed by atoms with Crippen LogP contribution in [0.3, 0.4) is 0 Å². The molecular formula is C21H25N3. The molecule has 3 rings (SSSR count). The Bertz CT molecular complexity index is 790. The first-order valence-corrected chi connectivity index (χ1v) is 8.53. The molecule has 24 heavy (non-hydrogen) atoms. The van der Waals surface area contributed by atoms with Gasteiger partial charge in [-0.2, -0.15) is 0 Å². The van der Waals surface area contributed by atoms with Crippen molar-refractivity contribution < 1.29 is 0 Å². The quantitative estimate of drug-likeness (QED) is 0.663. The minimum atomic E-state index is 0.820. The number of rotatable bonds is 6.